The first-order valence-electron chi connectivity index (χ1n) is 10.4. The number of aromatic nitrogens is 3. The van der Waals surface area contributed by atoms with E-state index in [9.17, 15) is 18.0 Å². The van der Waals surface area contributed by atoms with Gasteiger partial charge in [-0.05, 0) is 58.8 Å². The van der Waals surface area contributed by atoms with Crippen LogP contribution in [0.4, 0.5) is 19.1 Å². The molecule has 0 radical (unpaired) electrons. The fourth-order valence-electron chi connectivity index (χ4n) is 4.41. The van der Waals surface area contributed by atoms with Crippen LogP contribution in [0.2, 0.25) is 0 Å². The largest absolute Gasteiger partial charge is 0.416 e. The first-order valence-corrected chi connectivity index (χ1v) is 12.0. The predicted molar refractivity (Wildman–Crippen MR) is 122 cm³/mol. The Hall–Kier alpha value is -2.53. The normalized spacial score (nSPS) is 21.7. The molecule has 1 saturated heterocycles. The van der Waals surface area contributed by atoms with E-state index in [-0.39, 0.29) is 17.6 Å². The standard InChI is InChI=1S/C22H19BrF3N5OS/c1-11-30-18(19(33-11)12-3-2-4-14(5-12)22(24,25)26)20(32)31-10-13-6-16(13)17(31)9-29-21-27-7-15(23)8-28-21/h2-5,7-8,13,16-17H,6,9-10H2,1H3,(H,27,28,29)/t13-,16-,17+/m0/s1. The smallest absolute Gasteiger partial charge is 0.352 e. The Morgan fingerprint density at radius 3 is 2.79 bits per heavy atom. The zero-order valence-corrected chi connectivity index (χ0v) is 19.8. The van der Waals surface area contributed by atoms with E-state index in [4.69, 9.17) is 0 Å². The van der Waals surface area contributed by atoms with E-state index in [2.05, 4.69) is 36.2 Å². The Morgan fingerprint density at radius 1 is 1.30 bits per heavy atom. The molecule has 172 valence electrons. The Labute approximate surface area is 200 Å². The highest BCUT2D eigenvalue weighted by Gasteiger charge is 2.54. The summed E-state index contributed by atoms with van der Waals surface area (Å²) in [5.74, 6) is 1.07. The molecule has 0 spiro atoms. The lowest BCUT2D eigenvalue weighted by atomic mass is 10.1. The number of fused-ring (bicyclic) bond motifs is 1. The number of piperidine rings is 1. The third-order valence-corrected chi connectivity index (χ3v) is 7.47. The minimum Gasteiger partial charge on any atom is -0.352 e. The van der Waals surface area contributed by atoms with Crippen LogP contribution in [-0.4, -0.2) is 44.9 Å². The number of nitrogens with one attached hydrogen (secondary N) is 1. The average molecular weight is 538 g/mol. The van der Waals surface area contributed by atoms with Gasteiger partial charge in [-0.2, -0.15) is 13.2 Å². The zero-order valence-electron chi connectivity index (χ0n) is 17.4. The highest BCUT2D eigenvalue weighted by Crippen LogP contribution is 2.50. The number of carbonyl (C=O) groups is 1. The highest BCUT2D eigenvalue weighted by molar-refractivity contribution is 9.10. The van der Waals surface area contributed by atoms with Gasteiger partial charge in [-0.15, -0.1) is 11.3 Å². The topological polar surface area (TPSA) is 71.0 Å². The van der Waals surface area contributed by atoms with Crippen molar-refractivity contribution >= 4 is 39.1 Å². The number of carbonyl (C=O) groups excluding carboxylic acids is 1. The summed E-state index contributed by atoms with van der Waals surface area (Å²) in [7, 11) is 0. The molecule has 3 atom stereocenters. The predicted octanol–water partition coefficient (Wildman–Crippen LogP) is 5.26. The maximum absolute atomic E-state index is 13.6. The van der Waals surface area contributed by atoms with Gasteiger partial charge < -0.3 is 10.2 Å². The number of hydrogen-bond acceptors (Lipinski definition) is 6. The lowest BCUT2D eigenvalue weighted by Gasteiger charge is -2.27. The minimum atomic E-state index is -4.46. The van der Waals surface area contributed by atoms with Gasteiger partial charge in [0.2, 0.25) is 5.95 Å². The molecule has 1 aromatic carbocycles. The van der Waals surface area contributed by atoms with Crippen LogP contribution in [0.3, 0.4) is 0 Å². The number of amides is 1. The zero-order chi connectivity index (χ0) is 23.3. The molecule has 6 nitrogen and oxygen atoms in total. The van der Waals surface area contributed by atoms with E-state index >= 15 is 0 Å². The van der Waals surface area contributed by atoms with Crippen molar-refractivity contribution in [3.05, 3.63) is 57.4 Å². The Bertz CT molecular complexity index is 1200. The number of benzene rings is 1. The first-order chi connectivity index (χ1) is 15.7. The minimum absolute atomic E-state index is 0.0499. The van der Waals surface area contributed by atoms with Crippen molar-refractivity contribution in [2.75, 3.05) is 18.4 Å². The van der Waals surface area contributed by atoms with Crippen LogP contribution in [0.25, 0.3) is 10.4 Å². The van der Waals surface area contributed by atoms with Crippen molar-refractivity contribution in [2.24, 2.45) is 11.8 Å². The van der Waals surface area contributed by atoms with Crippen LogP contribution in [0.5, 0.6) is 0 Å². The third kappa shape index (κ3) is 4.48. The van der Waals surface area contributed by atoms with E-state index in [0.29, 0.717) is 46.3 Å². The summed E-state index contributed by atoms with van der Waals surface area (Å²) < 4.78 is 40.5. The van der Waals surface area contributed by atoms with Gasteiger partial charge >= 0.3 is 6.18 Å². The molecule has 3 heterocycles. The molecule has 0 bridgehead atoms. The van der Waals surface area contributed by atoms with E-state index < -0.39 is 11.7 Å². The fraction of sp³-hybridized carbons (Fsp3) is 0.364. The molecule has 11 heteroatoms. The van der Waals surface area contributed by atoms with Gasteiger partial charge in [-0.25, -0.2) is 15.0 Å². The number of thiazole rings is 1. The van der Waals surface area contributed by atoms with Gasteiger partial charge in [0.15, 0.2) is 0 Å². The second-order valence-corrected chi connectivity index (χ2v) is 10.4. The van der Waals surface area contributed by atoms with Crippen LogP contribution in [0, 0.1) is 18.8 Å². The van der Waals surface area contributed by atoms with Crippen LogP contribution in [0.1, 0.15) is 27.5 Å². The summed E-state index contributed by atoms with van der Waals surface area (Å²) >= 11 is 4.54. The Kier molecular flexibility index (Phi) is 5.64. The van der Waals surface area contributed by atoms with Gasteiger partial charge in [0.1, 0.15) is 5.69 Å². The highest BCUT2D eigenvalue weighted by atomic mass is 79.9. The van der Waals surface area contributed by atoms with Crippen molar-refractivity contribution in [2.45, 2.75) is 25.6 Å². The SMILES string of the molecule is Cc1nc(C(=O)N2C[C@@H]3C[C@@H]3[C@H]2CNc2ncc(Br)cn2)c(-c2cccc(C(F)(F)F)c2)s1. The van der Waals surface area contributed by atoms with Gasteiger partial charge in [-0.1, -0.05) is 12.1 Å². The summed E-state index contributed by atoms with van der Waals surface area (Å²) in [5, 5.41) is 3.84. The molecular weight excluding hydrogens is 519 g/mol. The number of aryl methyl sites for hydroxylation is 1. The molecule has 1 amide bonds. The molecule has 1 N–H and O–H groups in total. The molecular formula is C22H19BrF3N5OS. The van der Waals surface area contributed by atoms with Crippen molar-refractivity contribution in [1.82, 2.24) is 19.9 Å². The fourth-order valence-corrected chi connectivity index (χ4v) is 5.52. The third-order valence-electron chi connectivity index (χ3n) is 6.04. The molecule has 2 aliphatic rings. The average Bonchev–Trinajstić information content (AvgIpc) is 3.29. The quantitative estimate of drug-likeness (QED) is 0.480. The van der Waals surface area contributed by atoms with Crippen LogP contribution in [0.15, 0.2) is 41.1 Å². The van der Waals surface area contributed by atoms with Gasteiger partial charge in [-0.3, -0.25) is 4.79 Å². The number of alkyl halides is 3. The summed E-state index contributed by atoms with van der Waals surface area (Å²) in [5.41, 5.74) is -0.187. The second kappa shape index (κ2) is 8.35. The molecule has 3 aromatic rings. The van der Waals surface area contributed by atoms with Crippen LogP contribution < -0.4 is 5.32 Å². The van der Waals surface area contributed by atoms with Crippen molar-refractivity contribution < 1.29 is 18.0 Å². The summed E-state index contributed by atoms with van der Waals surface area (Å²) in [6.07, 6.45) is -0.103. The van der Waals surface area contributed by atoms with Gasteiger partial charge in [0.25, 0.3) is 5.91 Å². The number of likely N-dealkylation sites (tertiary alicyclic amines) is 1. The molecule has 1 aliphatic heterocycles. The van der Waals surface area contributed by atoms with Crippen LogP contribution >= 0.6 is 27.3 Å². The van der Waals surface area contributed by atoms with Crippen LogP contribution in [-0.2, 0) is 6.18 Å². The van der Waals surface area contributed by atoms with Crippen molar-refractivity contribution in [3.8, 4) is 10.4 Å². The number of nitrogens with zero attached hydrogens (tertiary/aromatic N) is 4. The summed E-state index contributed by atoms with van der Waals surface area (Å²) in [4.78, 5) is 28.7. The first kappa shape index (κ1) is 22.3. The van der Waals surface area contributed by atoms with Gasteiger partial charge in [0.05, 0.1) is 26.0 Å². The summed E-state index contributed by atoms with van der Waals surface area (Å²) in [6.45, 7) is 2.87. The lowest BCUT2D eigenvalue weighted by Crippen LogP contribution is -2.42. The summed E-state index contributed by atoms with van der Waals surface area (Å²) in [6, 6.07) is 5.00. The molecule has 33 heavy (non-hydrogen) atoms. The van der Waals surface area contributed by atoms with Crippen molar-refractivity contribution in [3.63, 3.8) is 0 Å². The van der Waals surface area contributed by atoms with Gasteiger partial charge in [0, 0.05) is 25.5 Å². The van der Waals surface area contributed by atoms with Crippen molar-refractivity contribution in [1.29, 1.82) is 0 Å². The number of halogens is 4. The number of hydrogen-bond donors (Lipinski definition) is 1. The number of rotatable bonds is 5. The molecule has 1 aliphatic carbocycles. The molecule has 0 unspecified atom stereocenters. The van der Waals surface area contributed by atoms with E-state index in [1.54, 1.807) is 30.3 Å². The second-order valence-electron chi connectivity index (χ2n) is 8.28. The maximum Gasteiger partial charge on any atom is 0.416 e. The lowest BCUT2D eigenvalue weighted by molar-refractivity contribution is -0.137. The van der Waals surface area contributed by atoms with E-state index in [0.717, 1.165) is 23.0 Å². The molecule has 1 saturated carbocycles. The van der Waals surface area contributed by atoms with E-state index in [1.807, 2.05) is 0 Å². The molecule has 2 fully saturated rings. The molecule has 5 rings (SSSR count). The molecule has 2 aromatic heterocycles. The Balaban J connectivity index is 1.40. The Morgan fingerprint density at radius 2 is 2.06 bits per heavy atom. The number of anilines is 1. The maximum atomic E-state index is 13.6. The monoisotopic (exact) mass is 537 g/mol. The van der Waals surface area contributed by atoms with E-state index in [1.165, 1.54) is 17.4 Å².